The summed E-state index contributed by atoms with van der Waals surface area (Å²) in [6.07, 6.45) is 3.53. The first-order valence-corrected chi connectivity index (χ1v) is 9.22. The maximum Gasteiger partial charge on any atom is 0.294 e. The summed E-state index contributed by atoms with van der Waals surface area (Å²) in [6.45, 7) is 2.32. The molecule has 1 aromatic carbocycles. The first kappa shape index (κ1) is 17.0. The first-order chi connectivity index (χ1) is 12.5. The van der Waals surface area contributed by atoms with Crippen LogP contribution in [0.1, 0.15) is 42.1 Å². The molecule has 2 heterocycles. The van der Waals surface area contributed by atoms with Crippen LogP contribution in [0.2, 0.25) is 5.02 Å². The van der Waals surface area contributed by atoms with Crippen molar-refractivity contribution < 1.29 is 9.59 Å². The Morgan fingerprint density at radius 2 is 2.00 bits per heavy atom. The van der Waals surface area contributed by atoms with Crippen LogP contribution in [-0.2, 0) is 4.79 Å². The number of para-hydroxylation sites is 1. The van der Waals surface area contributed by atoms with Crippen LogP contribution < -0.4 is 5.32 Å². The Kier molecular flexibility index (Phi) is 4.40. The fourth-order valence-electron chi connectivity index (χ4n) is 3.27. The van der Waals surface area contributed by atoms with E-state index in [9.17, 15) is 9.59 Å². The Balaban J connectivity index is 1.57. The van der Waals surface area contributed by atoms with Crippen LogP contribution in [0.4, 0.5) is 0 Å². The van der Waals surface area contributed by atoms with E-state index >= 15 is 0 Å². The third kappa shape index (κ3) is 3.19. The van der Waals surface area contributed by atoms with Crippen molar-refractivity contribution in [3.63, 3.8) is 0 Å². The molecule has 1 atom stereocenters. The zero-order valence-corrected chi connectivity index (χ0v) is 15.2. The van der Waals surface area contributed by atoms with Crippen LogP contribution in [0.15, 0.2) is 24.3 Å². The summed E-state index contributed by atoms with van der Waals surface area (Å²) in [5, 5.41) is 7.87. The maximum atomic E-state index is 12.9. The van der Waals surface area contributed by atoms with Gasteiger partial charge in [0.05, 0.1) is 10.7 Å². The SMILES string of the molecule is Cc1nc(C(=O)N2CCCC2C(=O)NC2CC2)nn1-c1ccccc1Cl. The number of amides is 2. The lowest BCUT2D eigenvalue weighted by atomic mass is 10.2. The van der Waals surface area contributed by atoms with Gasteiger partial charge in [0.1, 0.15) is 11.9 Å². The first-order valence-electron chi connectivity index (χ1n) is 8.84. The zero-order chi connectivity index (χ0) is 18.3. The smallest absolute Gasteiger partial charge is 0.294 e. The summed E-state index contributed by atoms with van der Waals surface area (Å²) < 4.78 is 1.56. The van der Waals surface area contributed by atoms with Crippen molar-refractivity contribution in [2.45, 2.75) is 44.7 Å². The molecule has 1 unspecified atom stereocenters. The van der Waals surface area contributed by atoms with Crippen LogP contribution in [0.25, 0.3) is 5.69 Å². The highest BCUT2D eigenvalue weighted by Gasteiger charge is 2.38. The van der Waals surface area contributed by atoms with E-state index in [4.69, 9.17) is 11.6 Å². The van der Waals surface area contributed by atoms with E-state index in [-0.39, 0.29) is 23.7 Å². The quantitative estimate of drug-likeness (QED) is 0.890. The third-order valence-corrected chi connectivity index (χ3v) is 5.10. The van der Waals surface area contributed by atoms with Crippen LogP contribution in [0, 0.1) is 6.92 Å². The van der Waals surface area contributed by atoms with Crippen molar-refractivity contribution >= 4 is 23.4 Å². The van der Waals surface area contributed by atoms with E-state index in [2.05, 4.69) is 15.4 Å². The van der Waals surface area contributed by atoms with Gasteiger partial charge in [-0.3, -0.25) is 9.59 Å². The van der Waals surface area contributed by atoms with Gasteiger partial charge in [-0.25, -0.2) is 9.67 Å². The minimum absolute atomic E-state index is 0.0689. The van der Waals surface area contributed by atoms with E-state index in [0.29, 0.717) is 29.5 Å². The molecule has 4 rings (SSSR count). The molecule has 2 aromatic rings. The Bertz CT molecular complexity index is 861. The van der Waals surface area contributed by atoms with E-state index in [1.807, 2.05) is 18.2 Å². The molecule has 1 aliphatic carbocycles. The highest BCUT2D eigenvalue weighted by molar-refractivity contribution is 6.32. The van der Waals surface area contributed by atoms with Crippen molar-refractivity contribution in [3.05, 3.63) is 40.9 Å². The summed E-state index contributed by atoms with van der Waals surface area (Å²) in [4.78, 5) is 31.2. The van der Waals surface area contributed by atoms with Crippen LogP contribution in [-0.4, -0.2) is 50.1 Å². The summed E-state index contributed by atoms with van der Waals surface area (Å²) in [5.74, 6) is 0.279. The Labute approximate surface area is 156 Å². The molecule has 136 valence electrons. The highest BCUT2D eigenvalue weighted by Crippen LogP contribution is 2.24. The van der Waals surface area contributed by atoms with Crippen molar-refractivity contribution in [2.24, 2.45) is 0 Å². The summed E-state index contributed by atoms with van der Waals surface area (Å²) in [5.41, 5.74) is 0.669. The summed E-state index contributed by atoms with van der Waals surface area (Å²) in [7, 11) is 0. The number of nitrogens with one attached hydrogen (secondary N) is 1. The van der Waals surface area contributed by atoms with Gasteiger partial charge in [0, 0.05) is 12.6 Å². The summed E-state index contributed by atoms with van der Waals surface area (Å²) in [6, 6.07) is 7.11. The van der Waals surface area contributed by atoms with Crippen LogP contribution >= 0.6 is 11.6 Å². The summed E-state index contributed by atoms with van der Waals surface area (Å²) >= 11 is 6.23. The minimum atomic E-state index is -0.435. The maximum absolute atomic E-state index is 12.9. The van der Waals surface area contributed by atoms with Crippen molar-refractivity contribution in [1.82, 2.24) is 25.0 Å². The molecular formula is C18H20ClN5O2. The van der Waals surface area contributed by atoms with E-state index in [1.165, 1.54) is 0 Å². The van der Waals surface area contributed by atoms with Gasteiger partial charge in [-0.2, -0.15) is 0 Å². The number of nitrogens with zero attached hydrogens (tertiary/aromatic N) is 4. The monoisotopic (exact) mass is 373 g/mol. The Morgan fingerprint density at radius 3 is 2.73 bits per heavy atom. The largest absolute Gasteiger partial charge is 0.352 e. The van der Waals surface area contributed by atoms with Crippen LogP contribution in [0.3, 0.4) is 0 Å². The van der Waals surface area contributed by atoms with Crippen molar-refractivity contribution in [1.29, 1.82) is 0 Å². The van der Waals surface area contributed by atoms with Gasteiger partial charge >= 0.3 is 0 Å². The topological polar surface area (TPSA) is 80.1 Å². The van der Waals surface area contributed by atoms with E-state index in [0.717, 1.165) is 19.3 Å². The molecule has 2 fully saturated rings. The predicted octanol–water partition coefficient (Wildman–Crippen LogP) is 2.11. The molecule has 1 aliphatic heterocycles. The standard InChI is InChI=1S/C18H20ClN5O2/c1-11-20-16(22-24(11)14-6-3-2-5-13(14)19)18(26)23-10-4-7-15(23)17(25)21-12-8-9-12/h2-3,5-6,12,15H,4,7-10H2,1H3,(H,21,25). The molecule has 2 amide bonds. The molecule has 2 aliphatic rings. The lowest BCUT2D eigenvalue weighted by Gasteiger charge is -2.22. The van der Waals surface area contributed by atoms with Gasteiger partial charge < -0.3 is 10.2 Å². The number of carbonyl (C=O) groups excluding carboxylic acids is 2. The molecule has 26 heavy (non-hydrogen) atoms. The zero-order valence-electron chi connectivity index (χ0n) is 14.5. The third-order valence-electron chi connectivity index (χ3n) is 4.78. The fourth-order valence-corrected chi connectivity index (χ4v) is 3.48. The number of hydrogen-bond donors (Lipinski definition) is 1. The average Bonchev–Trinajstić information content (AvgIpc) is 3.16. The number of hydrogen-bond acceptors (Lipinski definition) is 4. The molecule has 8 heteroatoms. The number of likely N-dealkylation sites (tertiary alicyclic amines) is 1. The van der Waals surface area contributed by atoms with Gasteiger partial charge in [-0.15, -0.1) is 5.10 Å². The second kappa shape index (κ2) is 6.72. The molecule has 0 radical (unpaired) electrons. The second-order valence-electron chi connectivity index (χ2n) is 6.79. The molecule has 1 N–H and O–H groups in total. The van der Waals surface area contributed by atoms with Gasteiger partial charge in [-0.1, -0.05) is 23.7 Å². The average molecular weight is 374 g/mol. The minimum Gasteiger partial charge on any atom is -0.352 e. The van der Waals surface area contributed by atoms with E-state index < -0.39 is 6.04 Å². The number of benzene rings is 1. The van der Waals surface area contributed by atoms with Crippen molar-refractivity contribution in [3.8, 4) is 5.69 Å². The van der Waals surface area contributed by atoms with Gasteiger partial charge in [-0.05, 0) is 44.7 Å². The molecule has 1 aromatic heterocycles. The lowest BCUT2D eigenvalue weighted by molar-refractivity contribution is -0.125. The molecule has 0 spiro atoms. The molecule has 0 bridgehead atoms. The molecule has 1 saturated carbocycles. The molecule has 1 saturated heterocycles. The fraction of sp³-hybridized carbons (Fsp3) is 0.444. The Morgan fingerprint density at radius 1 is 1.23 bits per heavy atom. The lowest BCUT2D eigenvalue weighted by Crippen LogP contribution is -2.46. The Hall–Kier alpha value is -2.41. The molecule has 7 nitrogen and oxygen atoms in total. The number of halogens is 1. The molecular weight excluding hydrogens is 354 g/mol. The number of aryl methyl sites for hydroxylation is 1. The van der Waals surface area contributed by atoms with Crippen molar-refractivity contribution in [2.75, 3.05) is 6.54 Å². The normalized spacial score (nSPS) is 19.6. The van der Waals surface area contributed by atoms with Gasteiger partial charge in [0.25, 0.3) is 5.91 Å². The second-order valence-corrected chi connectivity index (χ2v) is 7.19. The number of aromatic nitrogens is 3. The van der Waals surface area contributed by atoms with Gasteiger partial charge in [0.2, 0.25) is 11.7 Å². The number of carbonyl (C=O) groups is 2. The number of rotatable bonds is 4. The van der Waals surface area contributed by atoms with Gasteiger partial charge in [0.15, 0.2) is 0 Å². The predicted molar refractivity (Wildman–Crippen MR) is 96.3 cm³/mol. The highest BCUT2D eigenvalue weighted by atomic mass is 35.5. The van der Waals surface area contributed by atoms with E-state index in [1.54, 1.807) is 22.6 Å². The van der Waals surface area contributed by atoms with Crippen LogP contribution in [0.5, 0.6) is 0 Å².